The first-order chi connectivity index (χ1) is 15.5. The Bertz CT molecular complexity index is 1030. The number of rotatable bonds is 10. The number of halogens is 1. The van der Waals surface area contributed by atoms with Gasteiger partial charge in [0.2, 0.25) is 5.95 Å². The lowest BCUT2D eigenvalue weighted by molar-refractivity contribution is 0.0690. The summed E-state index contributed by atoms with van der Waals surface area (Å²) in [5, 5.41) is 3.12. The molecule has 0 saturated carbocycles. The van der Waals surface area contributed by atoms with Crippen LogP contribution in [-0.4, -0.2) is 47.1 Å². The van der Waals surface area contributed by atoms with Crippen LogP contribution in [-0.2, 0) is 11.3 Å². The molecule has 3 aromatic rings. The summed E-state index contributed by atoms with van der Waals surface area (Å²) in [6.45, 7) is 5.55. The molecule has 0 aliphatic carbocycles. The molecule has 0 spiro atoms. The van der Waals surface area contributed by atoms with E-state index in [1.807, 2.05) is 44.2 Å². The maximum Gasteiger partial charge on any atom is 0.258 e. The number of nitrogens with one attached hydrogen (secondary N) is 1. The van der Waals surface area contributed by atoms with Gasteiger partial charge in [-0.25, -0.2) is 14.4 Å². The molecule has 1 N–H and O–H groups in total. The highest BCUT2D eigenvalue weighted by atomic mass is 19.1. The molecule has 0 bridgehead atoms. The lowest BCUT2D eigenvalue weighted by atomic mass is 10.0. The van der Waals surface area contributed by atoms with E-state index in [4.69, 9.17) is 4.74 Å². The van der Waals surface area contributed by atoms with E-state index in [9.17, 15) is 9.18 Å². The van der Waals surface area contributed by atoms with Crippen LogP contribution in [0.2, 0.25) is 0 Å². The van der Waals surface area contributed by atoms with Crippen LogP contribution in [0.4, 0.5) is 10.3 Å². The Balaban J connectivity index is 1.97. The Labute approximate surface area is 188 Å². The van der Waals surface area contributed by atoms with Crippen LogP contribution in [0, 0.1) is 5.82 Å². The summed E-state index contributed by atoms with van der Waals surface area (Å²) in [5.74, 6) is -0.340. The topological polar surface area (TPSA) is 67.3 Å². The van der Waals surface area contributed by atoms with Gasteiger partial charge in [-0.15, -0.1) is 0 Å². The number of benzene rings is 2. The van der Waals surface area contributed by atoms with E-state index < -0.39 is 5.82 Å². The summed E-state index contributed by atoms with van der Waals surface area (Å²) < 4.78 is 19.7. The van der Waals surface area contributed by atoms with Crippen molar-refractivity contribution in [1.29, 1.82) is 0 Å². The summed E-state index contributed by atoms with van der Waals surface area (Å²) >= 11 is 0. The maximum absolute atomic E-state index is 14.7. The number of nitrogens with zero attached hydrogens (tertiary/aromatic N) is 3. The van der Waals surface area contributed by atoms with Gasteiger partial charge in [-0.05, 0) is 38.0 Å². The third-order valence-corrected chi connectivity index (χ3v) is 5.04. The van der Waals surface area contributed by atoms with Crippen molar-refractivity contribution in [3.8, 4) is 11.3 Å². The fourth-order valence-corrected chi connectivity index (χ4v) is 3.32. The number of amides is 1. The normalized spacial score (nSPS) is 10.9. The second-order valence-electron chi connectivity index (χ2n) is 7.72. The van der Waals surface area contributed by atoms with Crippen molar-refractivity contribution in [1.82, 2.24) is 14.9 Å². The number of aromatic nitrogens is 2. The van der Waals surface area contributed by atoms with Crippen molar-refractivity contribution in [3.05, 3.63) is 77.7 Å². The third-order valence-electron chi connectivity index (χ3n) is 5.04. The summed E-state index contributed by atoms with van der Waals surface area (Å²) in [6, 6.07) is 16.0. The zero-order valence-electron chi connectivity index (χ0n) is 18.7. The Morgan fingerprint density at radius 2 is 1.84 bits per heavy atom. The molecule has 0 aliphatic rings. The summed E-state index contributed by atoms with van der Waals surface area (Å²) in [5.41, 5.74) is 1.82. The lowest BCUT2D eigenvalue weighted by Crippen LogP contribution is -2.37. The fourth-order valence-electron chi connectivity index (χ4n) is 3.32. The number of hydrogen-bond acceptors (Lipinski definition) is 5. The number of carbonyl (C=O) groups is 1. The first-order valence-corrected chi connectivity index (χ1v) is 10.7. The van der Waals surface area contributed by atoms with Gasteiger partial charge in [0.1, 0.15) is 5.82 Å². The molecule has 2 aromatic carbocycles. The number of anilines is 1. The van der Waals surface area contributed by atoms with Gasteiger partial charge < -0.3 is 15.0 Å². The molecule has 1 amide bonds. The van der Waals surface area contributed by atoms with Crippen LogP contribution >= 0.6 is 0 Å². The van der Waals surface area contributed by atoms with Crippen molar-refractivity contribution in [2.75, 3.05) is 25.6 Å². The molecule has 0 radical (unpaired) electrons. The highest BCUT2D eigenvalue weighted by Crippen LogP contribution is 2.27. The molecule has 0 aliphatic heterocycles. The van der Waals surface area contributed by atoms with Crippen molar-refractivity contribution in [3.63, 3.8) is 0 Å². The number of ether oxygens (including phenoxy) is 1. The average molecular weight is 437 g/mol. The minimum atomic E-state index is -0.440. The largest absolute Gasteiger partial charge is 0.385 e. The predicted octanol–water partition coefficient (Wildman–Crippen LogP) is 4.78. The van der Waals surface area contributed by atoms with E-state index in [1.165, 1.54) is 12.3 Å². The molecule has 168 valence electrons. The van der Waals surface area contributed by atoms with Crippen molar-refractivity contribution in [2.45, 2.75) is 32.9 Å². The van der Waals surface area contributed by atoms with Gasteiger partial charge >= 0.3 is 0 Å². The van der Waals surface area contributed by atoms with Crippen LogP contribution in [0.5, 0.6) is 0 Å². The highest BCUT2D eigenvalue weighted by molar-refractivity contribution is 6.00. The van der Waals surface area contributed by atoms with Gasteiger partial charge in [-0.1, -0.05) is 42.5 Å². The monoisotopic (exact) mass is 436 g/mol. The molecule has 0 fully saturated rings. The zero-order valence-corrected chi connectivity index (χ0v) is 18.7. The summed E-state index contributed by atoms with van der Waals surface area (Å²) in [4.78, 5) is 24.2. The molecular formula is C25H29FN4O2. The quantitative estimate of drug-likeness (QED) is 0.463. The maximum atomic E-state index is 14.7. The first kappa shape index (κ1) is 23.3. The standard InChI is InChI=1S/C25H29FN4O2/c1-18(2)30(17-19-10-5-4-6-11-19)24(31)21-16-28-25(27-14-9-15-32-3)29-23(21)20-12-7-8-13-22(20)26/h4-8,10-13,16,18H,9,14-15,17H2,1-3H3,(H,27,28,29). The molecule has 1 aromatic heterocycles. The SMILES string of the molecule is COCCCNc1ncc(C(=O)N(Cc2ccccc2)C(C)C)c(-c2ccccc2F)n1. The van der Waals surface area contributed by atoms with Gasteiger partial charge in [0.05, 0.1) is 11.3 Å². The van der Waals surface area contributed by atoms with Gasteiger partial charge in [0.25, 0.3) is 5.91 Å². The van der Waals surface area contributed by atoms with Gasteiger partial charge in [0, 0.05) is 44.6 Å². The van der Waals surface area contributed by atoms with E-state index in [-0.39, 0.29) is 28.8 Å². The molecule has 0 unspecified atom stereocenters. The molecule has 3 rings (SSSR count). The van der Waals surface area contributed by atoms with Crippen molar-refractivity contribution >= 4 is 11.9 Å². The average Bonchev–Trinajstić information content (AvgIpc) is 2.80. The fraction of sp³-hybridized carbons (Fsp3) is 0.320. The molecular weight excluding hydrogens is 407 g/mol. The minimum absolute atomic E-state index is 0.0666. The molecule has 0 atom stereocenters. The Hall–Kier alpha value is -3.32. The first-order valence-electron chi connectivity index (χ1n) is 10.7. The Morgan fingerprint density at radius 1 is 1.12 bits per heavy atom. The summed E-state index contributed by atoms with van der Waals surface area (Å²) in [7, 11) is 1.64. The molecule has 32 heavy (non-hydrogen) atoms. The third kappa shape index (κ3) is 5.88. The second-order valence-corrected chi connectivity index (χ2v) is 7.72. The van der Waals surface area contributed by atoms with E-state index >= 15 is 0 Å². The van der Waals surface area contributed by atoms with Crippen LogP contribution in [0.3, 0.4) is 0 Å². The minimum Gasteiger partial charge on any atom is -0.385 e. The number of methoxy groups -OCH3 is 1. The van der Waals surface area contributed by atoms with Crippen molar-refractivity contribution in [2.24, 2.45) is 0 Å². The van der Waals surface area contributed by atoms with E-state index in [0.29, 0.717) is 25.6 Å². The second kappa shape index (κ2) is 11.3. The zero-order chi connectivity index (χ0) is 22.9. The Kier molecular flexibility index (Phi) is 8.27. The number of hydrogen-bond donors (Lipinski definition) is 1. The van der Waals surface area contributed by atoms with Gasteiger partial charge in [-0.2, -0.15) is 0 Å². The van der Waals surface area contributed by atoms with E-state index in [1.54, 1.807) is 30.2 Å². The molecule has 7 heteroatoms. The summed E-state index contributed by atoms with van der Waals surface area (Å²) in [6.07, 6.45) is 2.25. The molecule has 0 saturated heterocycles. The highest BCUT2D eigenvalue weighted by Gasteiger charge is 2.25. The predicted molar refractivity (Wildman–Crippen MR) is 124 cm³/mol. The van der Waals surface area contributed by atoms with Crippen LogP contribution in [0.1, 0.15) is 36.2 Å². The number of carbonyl (C=O) groups excluding carboxylic acids is 1. The molecule has 1 heterocycles. The van der Waals surface area contributed by atoms with Crippen LogP contribution in [0.15, 0.2) is 60.8 Å². The van der Waals surface area contributed by atoms with Crippen LogP contribution < -0.4 is 5.32 Å². The Morgan fingerprint density at radius 3 is 2.53 bits per heavy atom. The van der Waals surface area contributed by atoms with Crippen LogP contribution in [0.25, 0.3) is 11.3 Å². The van der Waals surface area contributed by atoms with Gasteiger partial charge in [-0.3, -0.25) is 4.79 Å². The van der Waals surface area contributed by atoms with Crippen molar-refractivity contribution < 1.29 is 13.9 Å². The van der Waals surface area contributed by atoms with Gasteiger partial charge in [0.15, 0.2) is 0 Å². The smallest absolute Gasteiger partial charge is 0.258 e. The van der Waals surface area contributed by atoms with E-state index in [0.717, 1.165) is 12.0 Å². The lowest BCUT2D eigenvalue weighted by Gasteiger charge is -2.27. The van der Waals surface area contributed by atoms with E-state index in [2.05, 4.69) is 15.3 Å². The molecule has 6 nitrogen and oxygen atoms in total.